The van der Waals surface area contributed by atoms with Crippen LogP contribution in [0.3, 0.4) is 0 Å². The highest BCUT2D eigenvalue weighted by Gasteiger charge is 2.20. The molecule has 4 rings (SSSR count). The molecular formula is C21H23N3O2. The fourth-order valence-electron chi connectivity index (χ4n) is 3.35. The zero-order valence-electron chi connectivity index (χ0n) is 14.7. The topological polar surface area (TPSA) is 50.5 Å². The zero-order valence-corrected chi connectivity index (χ0v) is 14.7. The fourth-order valence-corrected chi connectivity index (χ4v) is 3.35. The molecule has 0 spiro atoms. The van der Waals surface area contributed by atoms with Gasteiger partial charge in [-0.3, -0.25) is 9.58 Å². The Labute approximate surface area is 153 Å². The quantitative estimate of drug-likeness (QED) is 0.768. The summed E-state index contributed by atoms with van der Waals surface area (Å²) in [5.74, 6) is 0.240. The molecule has 5 nitrogen and oxygen atoms in total. The standard InChI is InChI=1S/C21H23N3O2/c25-21-19(17-7-3-1-4-8-17)22-24(12-11-23-13-15-26-16-14-23)20(21)18-9-5-2-6-10-18/h1-10,25H,11-16H2. The van der Waals surface area contributed by atoms with E-state index in [-0.39, 0.29) is 5.75 Å². The number of aromatic hydroxyl groups is 1. The van der Waals surface area contributed by atoms with Crippen LogP contribution in [-0.2, 0) is 11.3 Å². The second-order valence-corrected chi connectivity index (χ2v) is 6.46. The van der Waals surface area contributed by atoms with E-state index in [2.05, 4.69) is 4.90 Å². The predicted octanol–water partition coefficient (Wildman–Crippen LogP) is 3.25. The minimum absolute atomic E-state index is 0.240. The van der Waals surface area contributed by atoms with E-state index in [1.165, 1.54) is 0 Å². The van der Waals surface area contributed by atoms with E-state index in [0.717, 1.165) is 56.2 Å². The van der Waals surface area contributed by atoms with Gasteiger partial charge in [0, 0.05) is 30.8 Å². The van der Waals surface area contributed by atoms with E-state index in [1.54, 1.807) is 0 Å². The lowest BCUT2D eigenvalue weighted by atomic mass is 10.1. The van der Waals surface area contributed by atoms with Crippen molar-refractivity contribution in [2.45, 2.75) is 6.54 Å². The molecular weight excluding hydrogens is 326 g/mol. The SMILES string of the molecule is Oc1c(-c2ccccc2)nn(CCN2CCOCC2)c1-c1ccccc1. The van der Waals surface area contributed by atoms with Crippen LogP contribution in [-0.4, -0.2) is 52.6 Å². The molecule has 1 N–H and O–H groups in total. The monoisotopic (exact) mass is 349 g/mol. The number of hydrogen-bond donors (Lipinski definition) is 1. The normalized spacial score (nSPS) is 15.2. The van der Waals surface area contributed by atoms with Crippen LogP contribution in [0, 0.1) is 0 Å². The van der Waals surface area contributed by atoms with E-state index in [0.29, 0.717) is 5.69 Å². The third kappa shape index (κ3) is 3.49. The molecule has 26 heavy (non-hydrogen) atoms. The smallest absolute Gasteiger partial charge is 0.169 e. The lowest BCUT2D eigenvalue weighted by Crippen LogP contribution is -2.38. The highest BCUT2D eigenvalue weighted by molar-refractivity contribution is 5.77. The van der Waals surface area contributed by atoms with E-state index in [4.69, 9.17) is 9.84 Å². The summed E-state index contributed by atoms with van der Waals surface area (Å²) in [6, 6.07) is 19.8. The Morgan fingerprint density at radius 2 is 1.46 bits per heavy atom. The number of nitrogens with zero attached hydrogens (tertiary/aromatic N) is 3. The molecule has 1 fully saturated rings. The Bertz CT molecular complexity index is 840. The van der Waals surface area contributed by atoms with E-state index < -0.39 is 0 Å². The maximum absolute atomic E-state index is 10.9. The van der Waals surface area contributed by atoms with Gasteiger partial charge < -0.3 is 9.84 Å². The Kier molecular flexibility index (Phi) is 5.00. The average Bonchev–Trinajstić information content (AvgIpc) is 3.05. The maximum Gasteiger partial charge on any atom is 0.169 e. The molecule has 1 aromatic heterocycles. The van der Waals surface area contributed by atoms with Gasteiger partial charge in [-0.25, -0.2) is 0 Å². The molecule has 134 valence electrons. The van der Waals surface area contributed by atoms with E-state index in [1.807, 2.05) is 65.3 Å². The van der Waals surface area contributed by atoms with Gasteiger partial charge in [0.05, 0.1) is 19.8 Å². The van der Waals surface area contributed by atoms with Crippen LogP contribution < -0.4 is 0 Å². The number of rotatable bonds is 5. The molecule has 1 saturated heterocycles. The van der Waals surface area contributed by atoms with Gasteiger partial charge in [-0.15, -0.1) is 0 Å². The first kappa shape index (κ1) is 16.8. The van der Waals surface area contributed by atoms with E-state index in [9.17, 15) is 5.11 Å². The number of hydrogen-bond acceptors (Lipinski definition) is 4. The molecule has 5 heteroatoms. The molecule has 0 saturated carbocycles. The predicted molar refractivity (Wildman–Crippen MR) is 102 cm³/mol. The third-order valence-corrected chi connectivity index (χ3v) is 4.75. The van der Waals surface area contributed by atoms with Crippen molar-refractivity contribution in [3.05, 3.63) is 60.7 Å². The highest BCUT2D eigenvalue weighted by atomic mass is 16.5. The molecule has 3 aromatic rings. The van der Waals surface area contributed by atoms with Gasteiger partial charge in [-0.2, -0.15) is 5.10 Å². The van der Waals surface area contributed by atoms with Gasteiger partial charge in [0.15, 0.2) is 5.75 Å². The number of aromatic nitrogens is 2. The van der Waals surface area contributed by atoms with Crippen molar-refractivity contribution in [2.75, 3.05) is 32.8 Å². The Morgan fingerprint density at radius 1 is 0.846 bits per heavy atom. The van der Waals surface area contributed by atoms with Crippen molar-refractivity contribution in [3.8, 4) is 28.3 Å². The lowest BCUT2D eigenvalue weighted by Gasteiger charge is -2.26. The number of ether oxygens (including phenoxy) is 1. The molecule has 0 radical (unpaired) electrons. The summed E-state index contributed by atoms with van der Waals surface area (Å²) in [5, 5.41) is 15.7. The number of morpholine rings is 1. The van der Waals surface area contributed by atoms with Crippen LogP contribution in [0.15, 0.2) is 60.7 Å². The van der Waals surface area contributed by atoms with Crippen molar-refractivity contribution in [2.24, 2.45) is 0 Å². The summed E-state index contributed by atoms with van der Waals surface area (Å²) in [6.07, 6.45) is 0. The van der Waals surface area contributed by atoms with Crippen molar-refractivity contribution < 1.29 is 9.84 Å². The summed E-state index contributed by atoms with van der Waals surface area (Å²) in [5.41, 5.74) is 3.30. The summed E-state index contributed by atoms with van der Waals surface area (Å²) in [6.45, 7) is 5.07. The van der Waals surface area contributed by atoms with Crippen LogP contribution >= 0.6 is 0 Å². The average molecular weight is 349 g/mol. The van der Waals surface area contributed by atoms with Crippen LogP contribution in [0.4, 0.5) is 0 Å². The minimum Gasteiger partial charge on any atom is -0.504 e. The van der Waals surface area contributed by atoms with Gasteiger partial charge in [-0.1, -0.05) is 60.7 Å². The highest BCUT2D eigenvalue weighted by Crippen LogP contribution is 2.37. The van der Waals surface area contributed by atoms with Gasteiger partial charge in [0.2, 0.25) is 0 Å². The van der Waals surface area contributed by atoms with Crippen LogP contribution in [0.25, 0.3) is 22.5 Å². The van der Waals surface area contributed by atoms with Crippen LogP contribution in [0.2, 0.25) is 0 Å². The first-order chi connectivity index (χ1) is 12.8. The lowest BCUT2D eigenvalue weighted by molar-refractivity contribution is 0.0360. The molecule has 0 amide bonds. The Morgan fingerprint density at radius 3 is 2.12 bits per heavy atom. The van der Waals surface area contributed by atoms with Crippen molar-refractivity contribution in [3.63, 3.8) is 0 Å². The zero-order chi connectivity index (χ0) is 17.8. The molecule has 1 aliphatic heterocycles. The Hall–Kier alpha value is -2.63. The molecule has 0 aliphatic carbocycles. The fraction of sp³-hybridized carbons (Fsp3) is 0.286. The van der Waals surface area contributed by atoms with Crippen molar-refractivity contribution in [1.29, 1.82) is 0 Å². The first-order valence-electron chi connectivity index (χ1n) is 9.03. The van der Waals surface area contributed by atoms with Gasteiger partial charge in [0.1, 0.15) is 11.4 Å². The second kappa shape index (κ2) is 7.72. The Balaban J connectivity index is 1.69. The van der Waals surface area contributed by atoms with Gasteiger partial charge >= 0.3 is 0 Å². The number of benzene rings is 2. The molecule has 0 bridgehead atoms. The van der Waals surface area contributed by atoms with E-state index >= 15 is 0 Å². The summed E-state index contributed by atoms with van der Waals surface area (Å²) < 4.78 is 7.35. The van der Waals surface area contributed by atoms with Crippen molar-refractivity contribution >= 4 is 0 Å². The minimum atomic E-state index is 0.240. The van der Waals surface area contributed by atoms with Crippen LogP contribution in [0.5, 0.6) is 5.75 Å². The summed E-state index contributed by atoms with van der Waals surface area (Å²) in [4.78, 5) is 2.37. The molecule has 0 atom stereocenters. The molecule has 1 aliphatic rings. The molecule has 2 heterocycles. The summed E-state index contributed by atoms with van der Waals surface area (Å²) in [7, 11) is 0. The van der Waals surface area contributed by atoms with Gasteiger partial charge in [-0.05, 0) is 0 Å². The largest absolute Gasteiger partial charge is 0.504 e. The van der Waals surface area contributed by atoms with Crippen molar-refractivity contribution in [1.82, 2.24) is 14.7 Å². The third-order valence-electron chi connectivity index (χ3n) is 4.75. The molecule has 0 unspecified atom stereocenters. The second-order valence-electron chi connectivity index (χ2n) is 6.46. The first-order valence-corrected chi connectivity index (χ1v) is 9.03. The van der Waals surface area contributed by atoms with Gasteiger partial charge in [0.25, 0.3) is 0 Å². The van der Waals surface area contributed by atoms with Crippen LogP contribution in [0.1, 0.15) is 0 Å². The maximum atomic E-state index is 10.9. The summed E-state index contributed by atoms with van der Waals surface area (Å²) >= 11 is 0. The molecule has 2 aromatic carbocycles.